The van der Waals surface area contributed by atoms with E-state index in [-0.39, 0.29) is 0 Å². The van der Waals surface area contributed by atoms with E-state index in [2.05, 4.69) is 0 Å². The molecule has 0 bridgehead atoms. The highest BCUT2D eigenvalue weighted by atomic mass is 35.5. The fraction of sp³-hybridized carbons (Fsp3) is 0.333. The normalized spacial score (nSPS) is 14.8. The summed E-state index contributed by atoms with van der Waals surface area (Å²) in [6.07, 6.45) is 0. The average molecular weight is 355 g/mol. The summed E-state index contributed by atoms with van der Waals surface area (Å²) in [5, 5.41) is 11.9. The van der Waals surface area contributed by atoms with Crippen LogP contribution < -0.4 is 0 Å². The molecule has 0 unspecified atom stereocenters. The Bertz CT molecular complexity index is 532. The van der Waals surface area contributed by atoms with Crippen LogP contribution in [0.1, 0.15) is 18.1 Å². The first-order chi connectivity index (χ1) is 11.0. The number of ether oxygens (including phenoxy) is 2. The molecule has 3 rings (SSSR count). The summed E-state index contributed by atoms with van der Waals surface area (Å²) in [6.45, 7) is 4.86. The van der Waals surface area contributed by atoms with Gasteiger partial charge in [0, 0.05) is 10.0 Å². The van der Waals surface area contributed by atoms with Gasteiger partial charge in [-0.3, -0.25) is 0 Å². The quantitative estimate of drug-likeness (QED) is 0.874. The van der Waals surface area contributed by atoms with Crippen molar-refractivity contribution in [2.24, 2.45) is 0 Å². The SMILES string of the molecule is C1COCCO1.CC(O)(c1ccc(Cl)cc1)c1ccc(Cl)cc1. The Morgan fingerprint density at radius 3 is 1.30 bits per heavy atom. The van der Waals surface area contributed by atoms with E-state index in [0.29, 0.717) is 10.0 Å². The topological polar surface area (TPSA) is 38.7 Å². The molecule has 0 atom stereocenters. The third-order valence-corrected chi connectivity index (χ3v) is 4.06. The molecule has 0 aromatic heterocycles. The third kappa shape index (κ3) is 5.48. The molecule has 2 aromatic rings. The molecule has 5 heteroatoms. The van der Waals surface area contributed by atoms with E-state index in [1.165, 1.54) is 0 Å². The van der Waals surface area contributed by atoms with E-state index >= 15 is 0 Å². The Balaban J connectivity index is 0.000000268. The van der Waals surface area contributed by atoms with Gasteiger partial charge in [-0.15, -0.1) is 0 Å². The van der Waals surface area contributed by atoms with Gasteiger partial charge in [0.05, 0.1) is 26.4 Å². The van der Waals surface area contributed by atoms with Gasteiger partial charge < -0.3 is 14.6 Å². The molecule has 0 aliphatic carbocycles. The smallest absolute Gasteiger partial charge is 0.112 e. The predicted octanol–water partition coefficient (Wildman–Crippen LogP) is 4.28. The molecule has 1 fully saturated rings. The molecule has 1 N–H and O–H groups in total. The fourth-order valence-electron chi connectivity index (χ4n) is 2.16. The van der Waals surface area contributed by atoms with Crippen LogP contribution >= 0.6 is 23.2 Å². The lowest BCUT2D eigenvalue weighted by atomic mass is 9.88. The van der Waals surface area contributed by atoms with Gasteiger partial charge in [0.1, 0.15) is 5.60 Å². The van der Waals surface area contributed by atoms with Gasteiger partial charge >= 0.3 is 0 Å². The van der Waals surface area contributed by atoms with Crippen LogP contribution in [0, 0.1) is 0 Å². The van der Waals surface area contributed by atoms with Gasteiger partial charge in [-0.25, -0.2) is 0 Å². The highest BCUT2D eigenvalue weighted by molar-refractivity contribution is 6.30. The zero-order chi connectivity index (χ0) is 16.7. The number of hydrogen-bond donors (Lipinski definition) is 1. The Labute approximate surface area is 146 Å². The molecular formula is C18H20Cl2O3. The number of benzene rings is 2. The maximum Gasteiger partial charge on any atom is 0.112 e. The lowest BCUT2D eigenvalue weighted by molar-refractivity contribution is -0.0334. The van der Waals surface area contributed by atoms with E-state index in [1.807, 2.05) is 24.3 Å². The lowest BCUT2D eigenvalue weighted by Gasteiger charge is -2.24. The van der Waals surface area contributed by atoms with Crippen molar-refractivity contribution < 1.29 is 14.6 Å². The second-order valence-electron chi connectivity index (χ2n) is 5.31. The Morgan fingerprint density at radius 1 is 0.739 bits per heavy atom. The Kier molecular flexibility index (Phi) is 6.88. The molecule has 1 aliphatic rings. The molecule has 23 heavy (non-hydrogen) atoms. The minimum absolute atomic E-state index is 0.653. The molecule has 3 nitrogen and oxygen atoms in total. The van der Waals surface area contributed by atoms with Crippen LogP contribution in [0.25, 0.3) is 0 Å². The van der Waals surface area contributed by atoms with Crippen LogP contribution in [0.15, 0.2) is 48.5 Å². The van der Waals surface area contributed by atoms with Crippen molar-refractivity contribution in [3.05, 3.63) is 69.7 Å². The van der Waals surface area contributed by atoms with E-state index in [4.69, 9.17) is 32.7 Å². The van der Waals surface area contributed by atoms with Crippen molar-refractivity contribution in [1.29, 1.82) is 0 Å². The predicted molar refractivity (Wildman–Crippen MR) is 93.2 cm³/mol. The van der Waals surface area contributed by atoms with E-state index in [1.54, 1.807) is 31.2 Å². The van der Waals surface area contributed by atoms with Crippen LogP contribution in [-0.4, -0.2) is 31.5 Å². The Morgan fingerprint density at radius 2 is 1.04 bits per heavy atom. The summed E-state index contributed by atoms with van der Waals surface area (Å²) in [7, 11) is 0. The van der Waals surface area contributed by atoms with Gasteiger partial charge in [-0.2, -0.15) is 0 Å². The minimum atomic E-state index is -1.05. The van der Waals surface area contributed by atoms with Crippen molar-refractivity contribution in [3.63, 3.8) is 0 Å². The van der Waals surface area contributed by atoms with E-state index in [9.17, 15) is 5.11 Å². The highest BCUT2D eigenvalue weighted by Crippen LogP contribution is 2.30. The molecular weight excluding hydrogens is 335 g/mol. The first-order valence-electron chi connectivity index (χ1n) is 7.40. The van der Waals surface area contributed by atoms with Gasteiger partial charge in [0.2, 0.25) is 0 Å². The van der Waals surface area contributed by atoms with Crippen molar-refractivity contribution in [2.75, 3.05) is 26.4 Å². The van der Waals surface area contributed by atoms with Crippen LogP contribution in [0.3, 0.4) is 0 Å². The fourth-order valence-corrected chi connectivity index (χ4v) is 2.41. The van der Waals surface area contributed by atoms with Crippen LogP contribution in [-0.2, 0) is 15.1 Å². The summed E-state index contributed by atoms with van der Waals surface area (Å²) in [5.74, 6) is 0. The molecule has 0 amide bonds. The standard InChI is InChI=1S/C14H12Cl2O.C4H8O2/c1-14(17,10-2-6-12(15)7-3-10)11-4-8-13(16)9-5-11;1-2-6-4-3-5-1/h2-9,17H,1H3;1-4H2. The maximum atomic E-state index is 10.6. The van der Waals surface area contributed by atoms with Crippen LogP contribution in [0.5, 0.6) is 0 Å². The maximum absolute atomic E-state index is 10.6. The van der Waals surface area contributed by atoms with Gasteiger partial charge in [-0.05, 0) is 42.3 Å². The van der Waals surface area contributed by atoms with Crippen molar-refractivity contribution >= 4 is 23.2 Å². The van der Waals surface area contributed by atoms with Gasteiger partial charge in [0.25, 0.3) is 0 Å². The van der Waals surface area contributed by atoms with E-state index in [0.717, 1.165) is 37.6 Å². The second kappa shape index (κ2) is 8.67. The summed E-state index contributed by atoms with van der Waals surface area (Å²) < 4.78 is 9.89. The molecule has 1 heterocycles. The number of hydrogen-bond acceptors (Lipinski definition) is 3. The summed E-state index contributed by atoms with van der Waals surface area (Å²) in [4.78, 5) is 0. The monoisotopic (exact) mass is 354 g/mol. The largest absolute Gasteiger partial charge is 0.381 e. The molecule has 0 radical (unpaired) electrons. The lowest BCUT2D eigenvalue weighted by Crippen LogP contribution is -2.22. The second-order valence-corrected chi connectivity index (χ2v) is 6.18. The summed E-state index contributed by atoms with van der Waals surface area (Å²) in [6, 6.07) is 14.3. The molecule has 2 aromatic carbocycles. The van der Waals surface area contributed by atoms with Crippen molar-refractivity contribution in [2.45, 2.75) is 12.5 Å². The third-order valence-electron chi connectivity index (χ3n) is 3.56. The molecule has 1 saturated heterocycles. The zero-order valence-electron chi connectivity index (χ0n) is 13.0. The van der Waals surface area contributed by atoms with Crippen molar-refractivity contribution in [3.8, 4) is 0 Å². The number of halogens is 2. The molecule has 1 aliphatic heterocycles. The minimum Gasteiger partial charge on any atom is -0.381 e. The summed E-state index contributed by atoms with van der Waals surface area (Å²) in [5.41, 5.74) is 0.545. The first kappa shape index (κ1) is 18.2. The number of aliphatic hydroxyl groups is 1. The molecule has 0 saturated carbocycles. The van der Waals surface area contributed by atoms with Gasteiger partial charge in [0.15, 0.2) is 0 Å². The van der Waals surface area contributed by atoms with Gasteiger partial charge in [-0.1, -0.05) is 47.5 Å². The first-order valence-corrected chi connectivity index (χ1v) is 8.15. The van der Waals surface area contributed by atoms with Crippen LogP contribution in [0.2, 0.25) is 10.0 Å². The summed E-state index contributed by atoms with van der Waals surface area (Å²) >= 11 is 11.7. The zero-order valence-corrected chi connectivity index (χ0v) is 14.5. The van der Waals surface area contributed by atoms with E-state index < -0.39 is 5.60 Å². The molecule has 124 valence electrons. The highest BCUT2D eigenvalue weighted by Gasteiger charge is 2.25. The van der Waals surface area contributed by atoms with Crippen LogP contribution in [0.4, 0.5) is 0 Å². The average Bonchev–Trinajstić information content (AvgIpc) is 2.58. The Hall–Kier alpha value is -1.10. The number of rotatable bonds is 2. The molecule has 0 spiro atoms. The van der Waals surface area contributed by atoms with Crippen molar-refractivity contribution in [1.82, 2.24) is 0 Å².